The number of fused-ring (bicyclic) bond motifs is 3. The van der Waals surface area contributed by atoms with Gasteiger partial charge in [0.05, 0.1) is 6.10 Å². The van der Waals surface area contributed by atoms with Gasteiger partial charge in [0.2, 0.25) is 0 Å². The van der Waals surface area contributed by atoms with Crippen molar-refractivity contribution in [1.29, 1.82) is 0 Å². The summed E-state index contributed by atoms with van der Waals surface area (Å²) in [6.45, 7) is 11.3. The highest BCUT2D eigenvalue weighted by atomic mass is 16.3. The maximum atomic E-state index is 13.1. The van der Waals surface area contributed by atoms with Crippen molar-refractivity contribution < 1.29 is 9.90 Å². The molecule has 1 spiro atoms. The van der Waals surface area contributed by atoms with Crippen LogP contribution in [-0.2, 0) is 4.79 Å². The first-order valence-corrected chi connectivity index (χ1v) is 9.14. The van der Waals surface area contributed by atoms with E-state index in [-0.39, 0.29) is 28.8 Å². The molecule has 4 aliphatic carbocycles. The minimum absolute atomic E-state index is 0.116. The molecular formula is C20H30O2. The monoisotopic (exact) mass is 302 g/mol. The highest BCUT2D eigenvalue weighted by Crippen LogP contribution is 2.70. The third kappa shape index (κ3) is 1.58. The standard InChI is InChI=1S/C20H30O2/c1-12-13-10-14(21)16-19(4)8-5-7-18(2,3)15(19)6-9-20(16,11-13)17(12)22/h13-16,21H,1,5-11H2,2-4H3/t13-,14+,15-,16-,19-,20-/m1/s1. The number of rotatable bonds is 0. The van der Waals surface area contributed by atoms with Crippen LogP contribution in [0.4, 0.5) is 0 Å². The van der Waals surface area contributed by atoms with Crippen LogP contribution >= 0.6 is 0 Å². The normalized spacial score (nSPS) is 53.1. The van der Waals surface area contributed by atoms with Crippen molar-refractivity contribution in [3.8, 4) is 0 Å². The lowest BCUT2D eigenvalue weighted by Crippen LogP contribution is -2.61. The number of aliphatic hydroxyl groups excluding tert-OH is 1. The van der Waals surface area contributed by atoms with Crippen LogP contribution in [0.3, 0.4) is 0 Å². The largest absolute Gasteiger partial charge is 0.393 e. The predicted molar refractivity (Wildman–Crippen MR) is 87.3 cm³/mol. The third-order valence-electron chi connectivity index (χ3n) is 8.22. The zero-order chi connectivity index (χ0) is 15.9. The molecule has 2 nitrogen and oxygen atoms in total. The van der Waals surface area contributed by atoms with Crippen LogP contribution in [0.1, 0.15) is 65.7 Å². The Bertz CT molecular complexity index is 548. The smallest absolute Gasteiger partial charge is 0.165 e. The number of Topliss-reactive ketones (excluding diaryl/α,β-unsaturated/α-hetero) is 1. The molecule has 4 fully saturated rings. The molecule has 22 heavy (non-hydrogen) atoms. The van der Waals surface area contributed by atoms with Gasteiger partial charge in [-0.1, -0.05) is 33.8 Å². The summed E-state index contributed by atoms with van der Waals surface area (Å²) in [6.07, 6.45) is 7.24. The van der Waals surface area contributed by atoms with Gasteiger partial charge in [-0.2, -0.15) is 0 Å². The number of carbonyl (C=O) groups excluding carboxylic acids is 1. The number of hydrogen-bond acceptors (Lipinski definition) is 2. The van der Waals surface area contributed by atoms with Crippen LogP contribution in [-0.4, -0.2) is 17.0 Å². The summed E-state index contributed by atoms with van der Waals surface area (Å²) in [7, 11) is 0. The summed E-state index contributed by atoms with van der Waals surface area (Å²) in [5, 5.41) is 11.0. The van der Waals surface area contributed by atoms with Crippen LogP contribution in [0.25, 0.3) is 0 Å². The van der Waals surface area contributed by atoms with Gasteiger partial charge in [0.1, 0.15) is 0 Å². The van der Waals surface area contributed by atoms with Crippen molar-refractivity contribution in [3.05, 3.63) is 12.2 Å². The first kappa shape index (κ1) is 14.9. The van der Waals surface area contributed by atoms with Gasteiger partial charge in [-0.3, -0.25) is 4.79 Å². The summed E-state index contributed by atoms with van der Waals surface area (Å²) in [6, 6.07) is 0. The van der Waals surface area contributed by atoms with Gasteiger partial charge in [-0.25, -0.2) is 0 Å². The number of hydrogen-bond donors (Lipinski definition) is 1. The fourth-order valence-corrected chi connectivity index (χ4v) is 7.55. The number of aliphatic hydroxyl groups is 1. The van der Waals surface area contributed by atoms with Crippen molar-refractivity contribution in [2.75, 3.05) is 0 Å². The Morgan fingerprint density at radius 2 is 1.91 bits per heavy atom. The Kier molecular flexibility index (Phi) is 2.89. The molecule has 0 saturated heterocycles. The van der Waals surface area contributed by atoms with Gasteiger partial charge in [0.25, 0.3) is 0 Å². The first-order chi connectivity index (χ1) is 10.2. The molecule has 0 heterocycles. The predicted octanol–water partition coefficient (Wildman–Crippen LogP) is 4.13. The molecule has 122 valence electrons. The Labute approximate surface area is 134 Å². The average molecular weight is 302 g/mol. The van der Waals surface area contributed by atoms with Crippen molar-refractivity contribution >= 4 is 5.78 Å². The quantitative estimate of drug-likeness (QED) is 0.683. The lowest BCUT2D eigenvalue weighted by Gasteiger charge is -2.64. The zero-order valence-corrected chi connectivity index (χ0v) is 14.3. The highest BCUT2D eigenvalue weighted by Gasteiger charge is 2.68. The fraction of sp³-hybridized carbons (Fsp3) is 0.850. The van der Waals surface area contributed by atoms with Gasteiger partial charge in [-0.15, -0.1) is 0 Å². The third-order valence-corrected chi connectivity index (χ3v) is 8.22. The molecular weight excluding hydrogens is 272 g/mol. The maximum absolute atomic E-state index is 13.1. The van der Waals surface area contributed by atoms with E-state index < -0.39 is 0 Å². The van der Waals surface area contributed by atoms with Crippen LogP contribution in [0.5, 0.6) is 0 Å². The van der Waals surface area contributed by atoms with E-state index in [0.717, 1.165) is 31.3 Å². The lowest BCUT2D eigenvalue weighted by molar-refractivity contribution is -0.187. The van der Waals surface area contributed by atoms with Crippen LogP contribution in [0.2, 0.25) is 0 Å². The Hall–Kier alpha value is -0.630. The second kappa shape index (κ2) is 4.26. The lowest BCUT2D eigenvalue weighted by atomic mass is 9.40. The summed E-state index contributed by atoms with van der Waals surface area (Å²) in [5.41, 5.74) is 0.991. The molecule has 2 heteroatoms. The number of carbonyl (C=O) groups is 1. The minimum atomic E-state index is -0.316. The van der Waals surface area contributed by atoms with Crippen LogP contribution in [0.15, 0.2) is 12.2 Å². The first-order valence-electron chi connectivity index (χ1n) is 9.14. The van der Waals surface area contributed by atoms with Crippen LogP contribution < -0.4 is 0 Å². The van der Waals surface area contributed by atoms with Crippen LogP contribution in [0, 0.1) is 34.0 Å². The van der Waals surface area contributed by atoms with E-state index in [1.165, 1.54) is 19.3 Å². The molecule has 0 amide bonds. The Balaban J connectivity index is 1.83. The molecule has 4 saturated carbocycles. The van der Waals surface area contributed by atoms with E-state index in [4.69, 9.17) is 0 Å². The molecule has 2 bridgehead atoms. The summed E-state index contributed by atoms with van der Waals surface area (Å²) >= 11 is 0. The van der Waals surface area contributed by atoms with E-state index in [0.29, 0.717) is 17.1 Å². The molecule has 1 N–H and O–H groups in total. The van der Waals surface area contributed by atoms with Gasteiger partial charge in [0, 0.05) is 11.3 Å². The van der Waals surface area contributed by atoms with Crippen molar-refractivity contribution in [3.63, 3.8) is 0 Å². The van der Waals surface area contributed by atoms with E-state index in [9.17, 15) is 9.90 Å². The Morgan fingerprint density at radius 1 is 1.18 bits per heavy atom. The maximum Gasteiger partial charge on any atom is 0.165 e. The van der Waals surface area contributed by atoms with Gasteiger partial charge in [-0.05, 0) is 66.8 Å². The van der Waals surface area contributed by atoms with Crippen molar-refractivity contribution in [1.82, 2.24) is 0 Å². The van der Waals surface area contributed by atoms with Gasteiger partial charge < -0.3 is 5.11 Å². The summed E-state index contributed by atoms with van der Waals surface area (Å²) in [5.74, 6) is 1.34. The summed E-state index contributed by atoms with van der Waals surface area (Å²) in [4.78, 5) is 13.1. The molecule has 0 aliphatic heterocycles. The molecule has 0 unspecified atom stereocenters. The minimum Gasteiger partial charge on any atom is -0.393 e. The van der Waals surface area contributed by atoms with Gasteiger partial charge in [0.15, 0.2) is 5.78 Å². The topological polar surface area (TPSA) is 37.3 Å². The fourth-order valence-electron chi connectivity index (χ4n) is 7.55. The average Bonchev–Trinajstić information content (AvgIpc) is 2.59. The van der Waals surface area contributed by atoms with E-state index in [1.54, 1.807) is 0 Å². The zero-order valence-electron chi connectivity index (χ0n) is 14.3. The molecule has 0 radical (unpaired) electrons. The molecule has 4 aliphatic rings. The highest BCUT2D eigenvalue weighted by molar-refractivity contribution is 6.03. The molecule has 0 aromatic heterocycles. The van der Waals surface area contributed by atoms with Crippen molar-refractivity contribution in [2.24, 2.45) is 34.0 Å². The molecule has 6 atom stereocenters. The molecule has 0 aromatic carbocycles. The van der Waals surface area contributed by atoms with Gasteiger partial charge >= 0.3 is 0 Å². The van der Waals surface area contributed by atoms with E-state index in [2.05, 4.69) is 27.4 Å². The number of ketones is 1. The second-order valence-corrected chi connectivity index (χ2v) is 9.63. The number of allylic oxidation sites excluding steroid dienone is 1. The van der Waals surface area contributed by atoms with Crippen molar-refractivity contribution in [2.45, 2.75) is 71.8 Å². The molecule has 4 rings (SSSR count). The summed E-state index contributed by atoms with van der Waals surface area (Å²) < 4.78 is 0. The molecule has 0 aromatic rings. The SMILES string of the molecule is C=C1C(=O)[C@@]23CC[C@@H]4C(C)(C)CCC[C@@]4(C)[C@H]2[C@@H](O)C[C@@H]1C3. The Morgan fingerprint density at radius 3 is 2.64 bits per heavy atom. The van der Waals surface area contributed by atoms with E-state index in [1.807, 2.05) is 0 Å². The second-order valence-electron chi connectivity index (χ2n) is 9.63. The van der Waals surface area contributed by atoms with E-state index >= 15 is 0 Å².